The van der Waals surface area contributed by atoms with Crippen LogP contribution in [0.25, 0.3) is 0 Å². The molecular weight excluding hydrogens is 276 g/mol. The number of urea groups is 1. The summed E-state index contributed by atoms with van der Waals surface area (Å²) in [4.78, 5) is 23.0. The number of carboxylic acids is 1. The Morgan fingerprint density at radius 2 is 2.10 bits per heavy atom. The summed E-state index contributed by atoms with van der Waals surface area (Å²) in [6.07, 6.45) is 1.10. The van der Waals surface area contributed by atoms with E-state index in [0.29, 0.717) is 18.0 Å². The van der Waals surface area contributed by atoms with E-state index < -0.39 is 18.0 Å². The predicted molar refractivity (Wildman–Crippen MR) is 78.8 cm³/mol. The van der Waals surface area contributed by atoms with Gasteiger partial charge in [0, 0.05) is 6.54 Å². The zero-order valence-electron chi connectivity index (χ0n) is 11.0. The van der Waals surface area contributed by atoms with Gasteiger partial charge in [-0.1, -0.05) is 30.3 Å². The molecule has 2 amide bonds. The molecule has 6 heteroatoms. The van der Waals surface area contributed by atoms with Crippen molar-refractivity contribution >= 4 is 23.8 Å². The predicted octanol–water partition coefficient (Wildman–Crippen LogP) is 1.86. The molecule has 108 valence electrons. The van der Waals surface area contributed by atoms with E-state index in [0.717, 1.165) is 17.9 Å². The summed E-state index contributed by atoms with van der Waals surface area (Å²) in [5, 5.41) is 14.5. The first-order valence-corrected chi connectivity index (χ1v) is 7.72. The molecule has 20 heavy (non-hydrogen) atoms. The lowest BCUT2D eigenvalue weighted by Gasteiger charge is -2.16. The summed E-state index contributed by atoms with van der Waals surface area (Å²) in [5.41, 5.74) is 0.562. The van der Waals surface area contributed by atoms with Crippen LogP contribution < -0.4 is 10.6 Å². The number of carbonyl (C=O) groups is 2. The number of hydrogen-bond acceptors (Lipinski definition) is 3. The third-order valence-corrected chi connectivity index (χ3v) is 4.46. The van der Waals surface area contributed by atoms with Crippen LogP contribution in [-0.4, -0.2) is 35.2 Å². The smallest absolute Gasteiger partial charge is 0.330 e. The molecule has 1 saturated heterocycles. The molecule has 0 aromatic heterocycles. The number of carbonyl (C=O) groups excluding carboxylic acids is 1. The fourth-order valence-electron chi connectivity index (χ4n) is 2.10. The fraction of sp³-hybridized carbons (Fsp3) is 0.429. The first-order chi connectivity index (χ1) is 9.66. The number of nitrogens with one attached hydrogen (secondary N) is 2. The molecule has 1 aromatic rings. The lowest BCUT2D eigenvalue weighted by Crippen LogP contribution is -2.42. The lowest BCUT2D eigenvalue weighted by atomic mass is 10.1. The Kier molecular flexibility index (Phi) is 5.29. The Labute approximate surface area is 122 Å². The van der Waals surface area contributed by atoms with Crippen molar-refractivity contribution in [2.24, 2.45) is 5.92 Å². The van der Waals surface area contributed by atoms with Crippen molar-refractivity contribution < 1.29 is 14.7 Å². The van der Waals surface area contributed by atoms with Crippen molar-refractivity contribution in [2.75, 3.05) is 18.1 Å². The third kappa shape index (κ3) is 4.16. The lowest BCUT2D eigenvalue weighted by molar-refractivity contribution is -0.139. The second-order valence-electron chi connectivity index (χ2n) is 4.77. The van der Waals surface area contributed by atoms with Gasteiger partial charge in [-0.15, -0.1) is 0 Å². The van der Waals surface area contributed by atoms with Gasteiger partial charge in [0.1, 0.15) is 0 Å². The normalized spacial score (nSPS) is 19.3. The van der Waals surface area contributed by atoms with Crippen molar-refractivity contribution in [2.45, 2.75) is 12.5 Å². The zero-order chi connectivity index (χ0) is 14.4. The van der Waals surface area contributed by atoms with Gasteiger partial charge in [0.25, 0.3) is 0 Å². The molecule has 1 fully saturated rings. The molecule has 0 saturated carbocycles. The number of rotatable bonds is 5. The zero-order valence-corrected chi connectivity index (χ0v) is 11.9. The SMILES string of the molecule is O=C(NCC1CCSC1)NC(C(=O)O)c1ccccc1. The minimum atomic E-state index is -1.07. The number of hydrogen-bond donors (Lipinski definition) is 3. The minimum Gasteiger partial charge on any atom is -0.479 e. The van der Waals surface area contributed by atoms with Crippen molar-refractivity contribution in [3.05, 3.63) is 35.9 Å². The molecular formula is C14H18N2O3S. The van der Waals surface area contributed by atoms with E-state index in [2.05, 4.69) is 10.6 Å². The summed E-state index contributed by atoms with van der Waals surface area (Å²) in [5.74, 6) is 1.62. The van der Waals surface area contributed by atoms with Gasteiger partial charge in [-0.3, -0.25) is 0 Å². The van der Waals surface area contributed by atoms with Crippen LogP contribution in [0.1, 0.15) is 18.0 Å². The Balaban J connectivity index is 1.87. The number of amides is 2. The van der Waals surface area contributed by atoms with Crippen LogP contribution >= 0.6 is 11.8 Å². The van der Waals surface area contributed by atoms with Gasteiger partial charge < -0.3 is 15.7 Å². The first-order valence-electron chi connectivity index (χ1n) is 6.56. The number of carboxylic acid groups (broad SMARTS) is 1. The van der Waals surface area contributed by atoms with Crippen LogP contribution in [-0.2, 0) is 4.79 Å². The molecule has 1 aliphatic heterocycles. The fourth-order valence-corrected chi connectivity index (χ4v) is 3.38. The summed E-state index contributed by atoms with van der Waals surface area (Å²) in [6.45, 7) is 0.597. The van der Waals surface area contributed by atoms with Gasteiger partial charge in [-0.05, 0) is 29.4 Å². The van der Waals surface area contributed by atoms with Crippen molar-refractivity contribution in [1.29, 1.82) is 0 Å². The van der Waals surface area contributed by atoms with Crippen LogP contribution in [0.4, 0.5) is 4.79 Å². The standard InChI is InChI=1S/C14H18N2O3S/c17-13(18)12(11-4-2-1-3-5-11)16-14(19)15-8-10-6-7-20-9-10/h1-5,10,12H,6-9H2,(H,17,18)(H2,15,16,19). The Hall–Kier alpha value is -1.69. The van der Waals surface area contributed by atoms with E-state index in [-0.39, 0.29) is 0 Å². The molecule has 1 aromatic carbocycles. The first kappa shape index (κ1) is 14.7. The van der Waals surface area contributed by atoms with Crippen molar-refractivity contribution in [3.63, 3.8) is 0 Å². The van der Waals surface area contributed by atoms with Gasteiger partial charge in [0.15, 0.2) is 6.04 Å². The van der Waals surface area contributed by atoms with E-state index in [9.17, 15) is 14.7 Å². The van der Waals surface area contributed by atoms with Gasteiger partial charge in [-0.25, -0.2) is 9.59 Å². The van der Waals surface area contributed by atoms with Crippen LogP contribution in [0.2, 0.25) is 0 Å². The highest BCUT2D eigenvalue weighted by Crippen LogP contribution is 2.22. The minimum absolute atomic E-state index is 0.432. The van der Waals surface area contributed by atoms with E-state index in [1.807, 2.05) is 11.8 Å². The van der Waals surface area contributed by atoms with Crippen LogP contribution in [0.5, 0.6) is 0 Å². The second kappa shape index (κ2) is 7.19. The van der Waals surface area contributed by atoms with Gasteiger partial charge >= 0.3 is 12.0 Å². The highest BCUT2D eigenvalue weighted by Gasteiger charge is 2.22. The molecule has 3 N–H and O–H groups in total. The van der Waals surface area contributed by atoms with E-state index in [4.69, 9.17) is 0 Å². The molecule has 2 rings (SSSR count). The van der Waals surface area contributed by atoms with Crippen molar-refractivity contribution in [1.82, 2.24) is 10.6 Å². The summed E-state index contributed by atoms with van der Waals surface area (Å²) >= 11 is 1.88. The second-order valence-corrected chi connectivity index (χ2v) is 5.92. The summed E-state index contributed by atoms with van der Waals surface area (Å²) in [7, 11) is 0. The summed E-state index contributed by atoms with van der Waals surface area (Å²) in [6, 6.07) is 7.23. The quantitative estimate of drug-likeness (QED) is 0.774. The van der Waals surface area contributed by atoms with Crippen LogP contribution in [0.15, 0.2) is 30.3 Å². The highest BCUT2D eigenvalue weighted by atomic mass is 32.2. The third-order valence-electron chi connectivity index (χ3n) is 3.23. The largest absolute Gasteiger partial charge is 0.479 e. The Morgan fingerprint density at radius 1 is 1.35 bits per heavy atom. The van der Waals surface area contributed by atoms with Crippen LogP contribution in [0.3, 0.4) is 0 Å². The summed E-state index contributed by atoms with van der Waals surface area (Å²) < 4.78 is 0. The van der Waals surface area contributed by atoms with Crippen molar-refractivity contribution in [3.8, 4) is 0 Å². The highest BCUT2D eigenvalue weighted by molar-refractivity contribution is 7.99. The number of benzene rings is 1. The monoisotopic (exact) mass is 294 g/mol. The van der Waals surface area contributed by atoms with Gasteiger partial charge in [0.05, 0.1) is 0 Å². The van der Waals surface area contributed by atoms with E-state index >= 15 is 0 Å². The topological polar surface area (TPSA) is 78.4 Å². The molecule has 0 bridgehead atoms. The average molecular weight is 294 g/mol. The number of aliphatic carboxylic acids is 1. The number of thioether (sulfide) groups is 1. The van der Waals surface area contributed by atoms with E-state index in [1.165, 1.54) is 0 Å². The maximum Gasteiger partial charge on any atom is 0.330 e. The maximum atomic E-state index is 11.8. The molecule has 0 spiro atoms. The van der Waals surface area contributed by atoms with Gasteiger partial charge in [-0.2, -0.15) is 11.8 Å². The van der Waals surface area contributed by atoms with Gasteiger partial charge in [0.2, 0.25) is 0 Å². The molecule has 2 atom stereocenters. The Bertz CT molecular complexity index is 461. The van der Waals surface area contributed by atoms with E-state index in [1.54, 1.807) is 30.3 Å². The maximum absolute atomic E-state index is 11.8. The molecule has 0 aliphatic carbocycles. The average Bonchev–Trinajstić information content (AvgIpc) is 2.96. The molecule has 2 unspecified atom stereocenters. The molecule has 5 nitrogen and oxygen atoms in total. The van der Waals surface area contributed by atoms with Crippen LogP contribution in [0, 0.1) is 5.92 Å². The molecule has 1 aliphatic rings. The Morgan fingerprint density at radius 3 is 2.70 bits per heavy atom. The molecule has 0 radical (unpaired) electrons. The molecule has 1 heterocycles.